The number of carbonyl (C=O) groups excluding carboxylic acids is 2. The molecule has 0 saturated carbocycles. The first-order valence-electron chi connectivity index (χ1n) is 7.51. The molecule has 0 fully saturated rings. The highest BCUT2D eigenvalue weighted by atomic mass is 19.4. The van der Waals surface area contributed by atoms with Crippen LogP contribution in [0.3, 0.4) is 0 Å². The Balaban J connectivity index is 1.97. The number of nitrogens with zero attached hydrogens (tertiary/aromatic N) is 1. The van der Waals surface area contributed by atoms with Crippen molar-refractivity contribution >= 4 is 17.5 Å². The third-order valence-corrected chi connectivity index (χ3v) is 3.38. The van der Waals surface area contributed by atoms with Crippen LogP contribution in [-0.4, -0.2) is 11.8 Å². The van der Waals surface area contributed by atoms with Crippen LogP contribution in [0.2, 0.25) is 0 Å². The van der Waals surface area contributed by atoms with Crippen LogP contribution in [0.1, 0.15) is 27.9 Å². The van der Waals surface area contributed by atoms with Crippen LogP contribution in [0.25, 0.3) is 0 Å². The van der Waals surface area contributed by atoms with Crippen molar-refractivity contribution in [2.24, 2.45) is 0 Å². The maximum absolute atomic E-state index is 12.5. The summed E-state index contributed by atoms with van der Waals surface area (Å²) < 4.78 is 37.6. The van der Waals surface area contributed by atoms with Crippen molar-refractivity contribution in [3.8, 4) is 6.07 Å². The van der Waals surface area contributed by atoms with Crippen LogP contribution in [0.15, 0.2) is 48.5 Å². The maximum atomic E-state index is 12.5. The van der Waals surface area contributed by atoms with E-state index in [2.05, 4.69) is 10.6 Å². The Morgan fingerprint density at radius 1 is 1.08 bits per heavy atom. The number of carbonyl (C=O) groups is 2. The number of hydrogen-bond acceptors (Lipinski definition) is 3. The second-order valence-corrected chi connectivity index (χ2v) is 5.34. The Morgan fingerprint density at radius 3 is 2.38 bits per heavy atom. The van der Waals surface area contributed by atoms with Crippen LogP contribution >= 0.6 is 0 Å². The van der Waals surface area contributed by atoms with Gasteiger partial charge in [-0.1, -0.05) is 12.1 Å². The van der Waals surface area contributed by atoms with E-state index in [1.54, 1.807) is 30.3 Å². The fourth-order valence-corrected chi connectivity index (χ4v) is 2.13. The summed E-state index contributed by atoms with van der Waals surface area (Å²) in [6.45, 7) is 0.127. The topological polar surface area (TPSA) is 82.0 Å². The van der Waals surface area contributed by atoms with E-state index in [1.165, 1.54) is 0 Å². The van der Waals surface area contributed by atoms with E-state index in [0.29, 0.717) is 11.3 Å². The maximum Gasteiger partial charge on any atom is 0.416 e. The molecule has 0 atom stereocenters. The molecule has 2 rings (SSSR count). The van der Waals surface area contributed by atoms with Gasteiger partial charge in [0.1, 0.15) is 6.42 Å². The lowest BCUT2D eigenvalue weighted by atomic mass is 10.1. The zero-order chi connectivity index (χ0) is 19.2. The van der Waals surface area contributed by atoms with Crippen LogP contribution < -0.4 is 10.6 Å². The van der Waals surface area contributed by atoms with Gasteiger partial charge in [-0.2, -0.15) is 18.4 Å². The summed E-state index contributed by atoms with van der Waals surface area (Å²) in [7, 11) is 0. The highest BCUT2D eigenvalue weighted by Gasteiger charge is 2.30. The standard InChI is InChI=1S/C18H14F3N3O2/c19-18(20,21)14-6-4-13(5-7-14)17(26)23-11-12-2-1-3-15(10-12)24-16(25)8-9-22/h1-7,10H,8,11H2,(H,23,26)(H,24,25). The first-order chi connectivity index (χ1) is 12.3. The molecule has 26 heavy (non-hydrogen) atoms. The van der Waals surface area contributed by atoms with Crippen molar-refractivity contribution in [3.63, 3.8) is 0 Å². The van der Waals surface area contributed by atoms with Gasteiger partial charge in [-0.15, -0.1) is 0 Å². The molecule has 8 heteroatoms. The highest BCUT2D eigenvalue weighted by Crippen LogP contribution is 2.29. The SMILES string of the molecule is N#CCC(=O)Nc1cccc(CNC(=O)c2ccc(C(F)(F)F)cc2)c1. The quantitative estimate of drug-likeness (QED) is 0.855. The molecule has 0 aliphatic carbocycles. The molecule has 2 aromatic rings. The lowest BCUT2D eigenvalue weighted by Gasteiger charge is -2.09. The zero-order valence-electron chi connectivity index (χ0n) is 13.4. The zero-order valence-corrected chi connectivity index (χ0v) is 13.4. The normalized spacial score (nSPS) is 10.7. The molecule has 0 radical (unpaired) electrons. The van der Waals surface area contributed by atoms with Crippen molar-refractivity contribution < 1.29 is 22.8 Å². The number of nitrogens with one attached hydrogen (secondary N) is 2. The van der Waals surface area contributed by atoms with Crippen molar-refractivity contribution in [3.05, 3.63) is 65.2 Å². The molecule has 2 amide bonds. The Kier molecular flexibility index (Phi) is 5.96. The summed E-state index contributed by atoms with van der Waals surface area (Å²) >= 11 is 0. The number of alkyl halides is 3. The van der Waals surface area contributed by atoms with E-state index in [4.69, 9.17) is 5.26 Å². The minimum atomic E-state index is -4.45. The molecule has 0 unspecified atom stereocenters. The number of hydrogen-bond donors (Lipinski definition) is 2. The predicted molar refractivity (Wildman–Crippen MR) is 87.9 cm³/mol. The first-order valence-corrected chi connectivity index (χ1v) is 7.51. The lowest BCUT2D eigenvalue weighted by Crippen LogP contribution is -2.23. The van der Waals surface area contributed by atoms with Crippen LogP contribution in [0.4, 0.5) is 18.9 Å². The van der Waals surface area contributed by atoms with E-state index in [-0.39, 0.29) is 18.5 Å². The predicted octanol–water partition coefficient (Wildman–Crippen LogP) is 3.49. The fourth-order valence-electron chi connectivity index (χ4n) is 2.13. The number of halogens is 3. The van der Waals surface area contributed by atoms with E-state index in [0.717, 1.165) is 24.3 Å². The summed E-state index contributed by atoms with van der Waals surface area (Å²) in [4.78, 5) is 23.4. The first kappa shape index (κ1) is 19.0. The van der Waals surface area contributed by atoms with Gasteiger partial charge in [0.05, 0.1) is 11.6 Å². The second kappa shape index (κ2) is 8.16. The average molecular weight is 361 g/mol. The minimum Gasteiger partial charge on any atom is -0.348 e. The van der Waals surface area contributed by atoms with Gasteiger partial charge in [0.15, 0.2) is 0 Å². The molecule has 0 saturated heterocycles. The molecule has 134 valence electrons. The van der Waals surface area contributed by atoms with Gasteiger partial charge < -0.3 is 10.6 Å². The largest absolute Gasteiger partial charge is 0.416 e. The van der Waals surface area contributed by atoms with Crippen LogP contribution in [0.5, 0.6) is 0 Å². The minimum absolute atomic E-state index is 0.108. The third-order valence-electron chi connectivity index (χ3n) is 3.38. The molecule has 0 aliphatic heterocycles. The van der Waals surface area contributed by atoms with Gasteiger partial charge >= 0.3 is 6.18 Å². The highest BCUT2D eigenvalue weighted by molar-refractivity contribution is 5.94. The summed E-state index contributed by atoms with van der Waals surface area (Å²) in [5.74, 6) is -0.962. The van der Waals surface area contributed by atoms with Crippen molar-refractivity contribution in [1.29, 1.82) is 5.26 Å². The Labute approximate surface area is 147 Å². The van der Waals surface area contributed by atoms with E-state index in [9.17, 15) is 22.8 Å². The molecule has 2 N–H and O–H groups in total. The van der Waals surface area contributed by atoms with Crippen LogP contribution in [0, 0.1) is 11.3 Å². The Hall–Kier alpha value is -3.34. The number of benzene rings is 2. The molecular formula is C18H14F3N3O2. The van der Waals surface area contributed by atoms with Gasteiger partial charge in [-0.05, 0) is 42.0 Å². The number of rotatable bonds is 5. The van der Waals surface area contributed by atoms with Gasteiger partial charge in [-0.3, -0.25) is 9.59 Å². The summed E-state index contributed by atoms with van der Waals surface area (Å²) in [5.41, 5.74) is 0.442. The average Bonchev–Trinajstić information content (AvgIpc) is 2.59. The molecule has 2 aromatic carbocycles. The number of nitriles is 1. The molecular weight excluding hydrogens is 347 g/mol. The van der Waals surface area contributed by atoms with Crippen molar-refractivity contribution in [2.45, 2.75) is 19.1 Å². The number of anilines is 1. The van der Waals surface area contributed by atoms with Gasteiger partial charge in [0, 0.05) is 17.8 Å². The van der Waals surface area contributed by atoms with Crippen molar-refractivity contribution in [2.75, 3.05) is 5.32 Å². The molecule has 0 spiro atoms. The fraction of sp³-hybridized carbons (Fsp3) is 0.167. The number of amides is 2. The second-order valence-electron chi connectivity index (χ2n) is 5.34. The smallest absolute Gasteiger partial charge is 0.348 e. The summed E-state index contributed by atoms with van der Waals surface area (Å²) in [6.07, 6.45) is -4.72. The summed E-state index contributed by atoms with van der Waals surface area (Å²) in [6, 6.07) is 12.3. The van der Waals surface area contributed by atoms with E-state index >= 15 is 0 Å². The van der Waals surface area contributed by atoms with Gasteiger partial charge in [0.2, 0.25) is 5.91 Å². The van der Waals surface area contributed by atoms with E-state index < -0.39 is 23.6 Å². The molecule has 0 bridgehead atoms. The molecule has 0 aliphatic rings. The molecule has 5 nitrogen and oxygen atoms in total. The third kappa shape index (κ3) is 5.34. The van der Waals surface area contributed by atoms with Crippen LogP contribution in [-0.2, 0) is 17.5 Å². The molecule has 0 aromatic heterocycles. The molecule has 0 heterocycles. The monoisotopic (exact) mass is 361 g/mol. The summed E-state index contributed by atoms with van der Waals surface area (Å²) in [5, 5.41) is 13.6. The van der Waals surface area contributed by atoms with Gasteiger partial charge in [0.25, 0.3) is 5.91 Å². The Morgan fingerprint density at radius 2 is 1.77 bits per heavy atom. The van der Waals surface area contributed by atoms with E-state index in [1.807, 2.05) is 0 Å². The van der Waals surface area contributed by atoms with Crippen molar-refractivity contribution in [1.82, 2.24) is 5.32 Å². The Bertz CT molecular complexity index is 840. The lowest BCUT2D eigenvalue weighted by molar-refractivity contribution is -0.137. The van der Waals surface area contributed by atoms with Gasteiger partial charge in [-0.25, -0.2) is 0 Å².